The summed E-state index contributed by atoms with van der Waals surface area (Å²) in [5.74, 6) is 0.408. The second-order valence-electron chi connectivity index (χ2n) is 7.90. The molecule has 2 aromatic carbocycles. The van der Waals surface area contributed by atoms with Crippen molar-refractivity contribution in [1.82, 2.24) is 9.55 Å². The molecule has 1 aliphatic rings. The van der Waals surface area contributed by atoms with Crippen molar-refractivity contribution in [2.24, 2.45) is 0 Å². The van der Waals surface area contributed by atoms with Crippen molar-refractivity contribution >= 4 is 23.4 Å². The lowest BCUT2D eigenvalue weighted by Crippen LogP contribution is -2.32. The number of rotatable bonds is 8. The number of aryl methyl sites for hydroxylation is 1. The standard InChI is InChI=1S/C25H29N3O2S/c1-19-20(2)27(17-23-14-9-15-30-23)25(26-19)31-18-24(29)28(22-12-7-4-8-13-22)16-21-10-5-3-6-11-21/h3-8,10-13,23H,9,14-18H2,1-2H3/t23-/m0/s1. The van der Waals surface area contributed by atoms with Gasteiger partial charge in [0.15, 0.2) is 5.16 Å². The Morgan fingerprint density at radius 3 is 2.52 bits per heavy atom. The SMILES string of the molecule is Cc1nc(SCC(=O)N(Cc2ccccc2)c2ccccc2)n(C[C@@H]2CCCO2)c1C. The second-order valence-corrected chi connectivity index (χ2v) is 8.84. The number of carbonyl (C=O) groups is 1. The summed E-state index contributed by atoms with van der Waals surface area (Å²) in [7, 11) is 0. The summed E-state index contributed by atoms with van der Waals surface area (Å²) in [5, 5.41) is 0.895. The van der Waals surface area contributed by atoms with Gasteiger partial charge in [-0.2, -0.15) is 0 Å². The van der Waals surface area contributed by atoms with E-state index in [1.54, 1.807) is 0 Å². The highest BCUT2D eigenvalue weighted by molar-refractivity contribution is 7.99. The van der Waals surface area contributed by atoms with Gasteiger partial charge < -0.3 is 14.2 Å². The summed E-state index contributed by atoms with van der Waals surface area (Å²) in [6.45, 7) is 6.31. The topological polar surface area (TPSA) is 47.4 Å². The van der Waals surface area contributed by atoms with Crippen LogP contribution in [0, 0.1) is 13.8 Å². The van der Waals surface area contributed by atoms with Crippen LogP contribution >= 0.6 is 11.8 Å². The summed E-state index contributed by atoms with van der Waals surface area (Å²) >= 11 is 1.51. The number of imidazole rings is 1. The fraction of sp³-hybridized carbons (Fsp3) is 0.360. The zero-order chi connectivity index (χ0) is 21.6. The smallest absolute Gasteiger partial charge is 0.237 e. The van der Waals surface area contributed by atoms with Crippen molar-refractivity contribution < 1.29 is 9.53 Å². The molecule has 0 unspecified atom stereocenters. The Morgan fingerprint density at radius 2 is 1.84 bits per heavy atom. The van der Waals surface area contributed by atoms with Crippen LogP contribution in [0.1, 0.15) is 29.8 Å². The number of para-hydroxylation sites is 1. The molecule has 1 fully saturated rings. The van der Waals surface area contributed by atoms with Crippen molar-refractivity contribution in [1.29, 1.82) is 0 Å². The number of hydrogen-bond donors (Lipinski definition) is 0. The van der Waals surface area contributed by atoms with Crippen molar-refractivity contribution in [2.45, 2.75) is 51.0 Å². The maximum absolute atomic E-state index is 13.3. The van der Waals surface area contributed by atoms with Crippen LogP contribution in [0.15, 0.2) is 65.8 Å². The van der Waals surface area contributed by atoms with E-state index in [1.807, 2.05) is 60.4 Å². The highest BCUT2D eigenvalue weighted by Crippen LogP contribution is 2.26. The lowest BCUT2D eigenvalue weighted by molar-refractivity contribution is -0.116. The molecule has 6 heteroatoms. The average Bonchev–Trinajstić information content (AvgIpc) is 3.41. The molecule has 2 heterocycles. The Labute approximate surface area is 188 Å². The molecule has 3 aromatic rings. The van der Waals surface area contributed by atoms with Crippen molar-refractivity contribution in [3.05, 3.63) is 77.6 Å². The first-order valence-electron chi connectivity index (χ1n) is 10.8. The Hall–Kier alpha value is -2.57. The van der Waals surface area contributed by atoms with Crippen LogP contribution in [0.4, 0.5) is 5.69 Å². The molecule has 162 valence electrons. The number of amides is 1. The van der Waals surface area contributed by atoms with Crippen molar-refractivity contribution in [3.63, 3.8) is 0 Å². The van der Waals surface area contributed by atoms with Gasteiger partial charge in [-0.1, -0.05) is 60.3 Å². The number of anilines is 1. The van der Waals surface area contributed by atoms with Gasteiger partial charge in [0.05, 0.1) is 30.6 Å². The maximum atomic E-state index is 13.3. The van der Waals surface area contributed by atoms with Gasteiger partial charge in [0, 0.05) is 18.0 Å². The van der Waals surface area contributed by atoms with Crippen LogP contribution in [0.25, 0.3) is 0 Å². The minimum Gasteiger partial charge on any atom is -0.376 e. The zero-order valence-corrected chi connectivity index (χ0v) is 19.0. The molecule has 1 saturated heterocycles. The number of ether oxygens (including phenoxy) is 1. The fourth-order valence-electron chi connectivity index (χ4n) is 3.84. The van der Waals surface area contributed by atoms with Crippen LogP contribution < -0.4 is 4.90 Å². The molecular weight excluding hydrogens is 406 g/mol. The van der Waals surface area contributed by atoms with E-state index in [0.29, 0.717) is 12.3 Å². The number of aromatic nitrogens is 2. The van der Waals surface area contributed by atoms with Crippen LogP contribution in [0.2, 0.25) is 0 Å². The first kappa shape index (κ1) is 21.7. The monoisotopic (exact) mass is 435 g/mol. The third kappa shape index (κ3) is 5.38. The molecule has 0 spiro atoms. The van der Waals surface area contributed by atoms with E-state index in [-0.39, 0.29) is 12.0 Å². The number of nitrogens with zero attached hydrogens (tertiary/aromatic N) is 3. The fourth-order valence-corrected chi connectivity index (χ4v) is 4.82. The largest absolute Gasteiger partial charge is 0.376 e. The number of carbonyl (C=O) groups excluding carboxylic acids is 1. The van der Waals surface area contributed by atoms with E-state index in [0.717, 1.165) is 53.8 Å². The van der Waals surface area contributed by atoms with Crippen LogP contribution in [-0.2, 0) is 22.6 Å². The third-order valence-corrected chi connectivity index (χ3v) is 6.67. The van der Waals surface area contributed by atoms with Crippen LogP contribution in [0.3, 0.4) is 0 Å². The molecule has 0 saturated carbocycles. The summed E-state index contributed by atoms with van der Waals surface area (Å²) < 4.78 is 8.05. The molecule has 1 aliphatic heterocycles. The molecule has 0 bridgehead atoms. The highest BCUT2D eigenvalue weighted by atomic mass is 32.2. The van der Waals surface area contributed by atoms with Crippen LogP contribution in [0.5, 0.6) is 0 Å². The quantitative estimate of drug-likeness (QED) is 0.467. The number of hydrogen-bond acceptors (Lipinski definition) is 4. The Balaban J connectivity index is 1.49. The summed E-state index contributed by atoms with van der Waals surface area (Å²) in [6, 6.07) is 20.0. The number of thioether (sulfide) groups is 1. The predicted octanol–water partition coefficient (Wildman–Crippen LogP) is 5.00. The second kappa shape index (κ2) is 10.2. The summed E-state index contributed by atoms with van der Waals surface area (Å²) in [6.07, 6.45) is 2.43. The van der Waals surface area contributed by atoms with E-state index in [9.17, 15) is 4.79 Å². The van der Waals surface area contributed by atoms with E-state index in [2.05, 4.69) is 23.6 Å². The van der Waals surface area contributed by atoms with Crippen molar-refractivity contribution in [2.75, 3.05) is 17.3 Å². The van der Waals surface area contributed by atoms with Gasteiger partial charge in [-0.3, -0.25) is 4.79 Å². The molecule has 1 atom stereocenters. The highest BCUT2D eigenvalue weighted by Gasteiger charge is 2.22. The molecule has 0 aliphatic carbocycles. The molecular formula is C25H29N3O2S. The Morgan fingerprint density at radius 1 is 1.13 bits per heavy atom. The van der Waals surface area contributed by atoms with Gasteiger partial charge in [0.1, 0.15) is 0 Å². The Kier molecular flexibility index (Phi) is 7.10. The number of benzene rings is 2. The molecule has 0 radical (unpaired) electrons. The first-order chi connectivity index (χ1) is 15.1. The average molecular weight is 436 g/mol. The summed E-state index contributed by atoms with van der Waals surface area (Å²) in [4.78, 5) is 19.9. The van der Waals surface area contributed by atoms with Crippen LogP contribution in [-0.4, -0.2) is 33.9 Å². The molecule has 31 heavy (non-hydrogen) atoms. The molecule has 0 N–H and O–H groups in total. The predicted molar refractivity (Wildman–Crippen MR) is 125 cm³/mol. The van der Waals surface area contributed by atoms with Crippen molar-refractivity contribution in [3.8, 4) is 0 Å². The molecule has 4 rings (SSSR count). The zero-order valence-electron chi connectivity index (χ0n) is 18.2. The van der Waals surface area contributed by atoms with E-state index in [4.69, 9.17) is 9.72 Å². The third-order valence-electron chi connectivity index (χ3n) is 5.71. The Bertz CT molecular complexity index is 998. The van der Waals surface area contributed by atoms with Gasteiger partial charge in [0.2, 0.25) is 5.91 Å². The lowest BCUT2D eigenvalue weighted by Gasteiger charge is -2.23. The van der Waals surface area contributed by atoms with Gasteiger partial charge in [0.25, 0.3) is 0 Å². The molecule has 1 amide bonds. The maximum Gasteiger partial charge on any atom is 0.237 e. The first-order valence-corrected chi connectivity index (χ1v) is 11.8. The van der Waals surface area contributed by atoms with E-state index >= 15 is 0 Å². The molecule has 5 nitrogen and oxygen atoms in total. The normalized spacial score (nSPS) is 15.9. The van der Waals surface area contributed by atoms with E-state index in [1.165, 1.54) is 11.8 Å². The van der Waals surface area contributed by atoms with E-state index < -0.39 is 0 Å². The van der Waals surface area contributed by atoms with Gasteiger partial charge in [-0.25, -0.2) is 4.98 Å². The van der Waals surface area contributed by atoms with Gasteiger partial charge >= 0.3 is 0 Å². The van der Waals surface area contributed by atoms with Gasteiger partial charge in [-0.05, 0) is 44.4 Å². The van der Waals surface area contributed by atoms with Gasteiger partial charge in [-0.15, -0.1) is 0 Å². The molecule has 1 aromatic heterocycles. The summed E-state index contributed by atoms with van der Waals surface area (Å²) in [5.41, 5.74) is 4.18. The minimum atomic E-state index is 0.0713. The minimum absolute atomic E-state index is 0.0713. The lowest BCUT2D eigenvalue weighted by atomic mass is 10.2.